The van der Waals surface area contributed by atoms with Gasteiger partial charge in [0, 0.05) is 18.2 Å². The van der Waals surface area contributed by atoms with Gasteiger partial charge in [-0.05, 0) is 38.2 Å². The average Bonchev–Trinajstić information content (AvgIpc) is 2.38. The van der Waals surface area contributed by atoms with E-state index in [1.165, 1.54) is 0 Å². The summed E-state index contributed by atoms with van der Waals surface area (Å²) in [6.45, 7) is 4.01. The van der Waals surface area contributed by atoms with Gasteiger partial charge in [-0.25, -0.2) is 0 Å². The van der Waals surface area contributed by atoms with Crippen molar-refractivity contribution in [3.8, 4) is 11.5 Å². The van der Waals surface area contributed by atoms with E-state index in [0.29, 0.717) is 0 Å². The average molecular weight is 252 g/mol. The van der Waals surface area contributed by atoms with Crippen molar-refractivity contribution in [2.75, 3.05) is 34.4 Å². The molecule has 0 amide bonds. The minimum atomic E-state index is -0.0772. The molecule has 4 nitrogen and oxygen atoms in total. The Hall–Kier alpha value is -1.26. The molecule has 1 unspecified atom stereocenters. The van der Waals surface area contributed by atoms with Gasteiger partial charge in [0.25, 0.3) is 0 Å². The molecule has 0 bridgehead atoms. The topological polar surface area (TPSA) is 47.7 Å². The van der Waals surface area contributed by atoms with Crippen LogP contribution >= 0.6 is 0 Å². The monoisotopic (exact) mass is 252 g/mol. The van der Waals surface area contributed by atoms with Gasteiger partial charge in [0.2, 0.25) is 0 Å². The van der Waals surface area contributed by atoms with Crippen LogP contribution in [0, 0.1) is 0 Å². The fourth-order valence-electron chi connectivity index (χ4n) is 2.04. The number of hydrogen-bond acceptors (Lipinski definition) is 4. The van der Waals surface area contributed by atoms with Crippen LogP contribution < -0.4 is 15.2 Å². The Kier molecular flexibility index (Phi) is 5.95. The lowest BCUT2D eigenvalue weighted by Gasteiger charge is -2.22. The zero-order valence-corrected chi connectivity index (χ0v) is 11.8. The molecule has 1 aromatic rings. The third-order valence-electron chi connectivity index (χ3n) is 2.95. The number of nitrogens with two attached hydrogens (primary N) is 1. The van der Waals surface area contributed by atoms with Gasteiger partial charge < -0.3 is 20.1 Å². The van der Waals surface area contributed by atoms with Crippen molar-refractivity contribution in [1.82, 2.24) is 4.90 Å². The van der Waals surface area contributed by atoms with Crippen molar-refractivity contribution >= 4 is 0 Å². The summed E-state index contributed by atoms with van der Waals surface area (Å²) < 4.78 is 10.6. The maximum Gasteiger partial charge on any atom is 0.123 e. The Bertz CT molecular complexity index is 369. The molecule has 18 heavy (non-hydrogen) atoms. The van der Waals surface area contributed by atoms with Gasteiger partial charge in [-0.2, -0.15) is 0 Å². The van der Waals surface area contributed by atoms with Crippen molar-refractivity contribution in [3.05, 3.63) is 23.8 Å². The normalized spacial score (nSPS) is 12.6. The molecule has 0 saturated heterocycles. The lowest BCUT2D eigenvalue weighted by molar-refractivity contribution is 0.308. The van der Waals surface area contributed by atoms with Crippen LogP contribution in [0.15, 0.2) is 18.2 Å². The van der Waals surface area contributed by atoms with E-state index in [0.717, 1.165) is 36.6 Å². The number of rotatable bonds is 7. The second-order valence-corrected chi connectivity index (χ2v) is 4.48. The van der Waals surface area contributed by atoms with Crippen LogP contribution in [0.3, 0.4) is 0 Å². The van der Waals surface area contributed by atoms with E-state index < -0.39 is 0 Å². The van der Waals surface area contributed by atoms with Gasteiger partial charge in [-0.3, -0.25) is 0 Å². The van der Waals surface area contributed by atoms with Crippen LogP contribution in [0.4, 0.5) is 0 Å². The molecule has 2 N–H and O–H groups in total. The van der Waals surface area contributed by atoms with Crippen LogP contribution in [0.25, 0.3) is 0 Å². The Labute approximate surface area is 110 Å². The highest BCUT2D eigenvalue weighted by Gasteiger charge is 2.14. The zero-order valence-electron chi connectivity index (χ0n) is 11.8. The fraction of sp³-hybridized carbons (Fsp3) is 0.571. The first-order valence-corrected chi connectivity index (χ1v) is 6.28. The molecule has 102 valence electrons. The second kappa shape index (κ2) is 7.24. The van der Waals surface area contributed by atoms with E-state index in [-0.39, 0.29) is 6.04 Å². The predicted octanol–water partition coefficient (Wildman–Crippen LogP) is 2.05. The third kappa shape index (κ3) is 3.89. The number of likely N-dealkylation sites (N-methyl/N-ethyl adjacent to an activating group) is 1. The summed E-state index contributed by atoms with van der Waals surface area (Å²) >= 11 is 0. The van der Waals surface area contributed by atoms with E-state index in [1.54, 1.807) is 14.2 Å². The summed E-state index contributed by atoms with van der Waals surface area (Å²) in [5.74, 6) is 1.62. The molecule has 1 atom stereocenters. The van der Waals surface area contributed by atoms with Gasteiger partial charge in [0.1, 0.15) is 11.5 Å². The highest BCUT2D eigenvalue weighted by molar-refractivity contribution is 5.42. The van der Waals surface area contributed by atoms with Crippen molar-refractivity contribution in [1.29, 1.82) is 0 Å². The van der Waals surface area contributed by atoms with E-state index in [4.69, 9.17) is 15.2 Å². The van der Waals surface area contributed by atoms with Crippen molar-refractivity contribution in [2.45, 2.75) is 19.4 Å². The lowest BCUT2D eigenvalue weighted by atomic mass is 10.1. The molecule has 0 radical (unpaired) electrons. The summed E-state index contributed by atoms with van der Waals surface area (Å²) in [6.07, 6.45) is 1.12. The quantitative estimate of drug-likeness (QED) is 0.807. The van der Waals surface area contributed by atoms with E-state index in [2.05, 4.69) is 18.9 Å². The third-order valence-corrected chi connectivity index (χ3v) is 2.95. The first-order valence-electron chi connectivity index (χ1n) is 6.28. The molecule has 0 heterocycles. The molecule has 0 fully saturated rings. The van der Waals surface area contributed by atoms with Crippen LogP contribution in [0.5, 0.6) is 11.5 Å². The zero-order chi connectivity index (χ0) is 13.5. The molecule has 1 aromatic carbocycles. The summed E-state index contributed by atoms with van der Waals surface area (Å²) in [6, 6.07) is 5.65. The molecule has 0 aliphatic carbocycles. The molecular formula is C14H24N2O2. The molecule has 0 aliphatic rings. The first-order chi connectivity index (χ1) is 8.62. The standard InChI is InChI=1S/C14H24N2O2/c1-5-8-16(2)10-13(15)12-9-11(17-3)6-7-14(12)18-4/h6-7,9,13H,5,8,10,15H2,1-4H3. The molecule has 0 aliphatic heterocycles. The number of hydrogen-bond donors (Lipinski definition) is 1. The fourth-order valence-corrected chi connectivity index (χ4v) is 2.04. The molecule has 0 spiro atoms. The number of benzene rings is 1. The van der Waals surface area contributed by atoms with Crippen molar-refractivity contribution in [2.24, 2.45) is 5.73 Å². The van der Waals surface area contributed by atoms with Crippen LogP contribution in [-0.4, -0.2) is 39.3 Å². The van der Waals surface area contributed by atoms with Crippen LogP contribution in [0.2, 0.25) is 0 Å². The number of nitrogens with zero attached hydrogens (tertiary/aromatic N) is 1. The maximum atomic E-state index is 6.25. The lowest BCUT2D eigenvalue weighted by Crippen LogP contribution is -2.29. The second-order valence-electron chi connectivity index (χ2n) is 4.48. The van der Waals surface area contributed by atoms with Gasteiger partial charge >= 0.3 is 0 Å². The van der Waals surface area contributed by atoms with Crippen LogP contribution in [0.1, 0.15) is 24.9 Å². The molecule has 0 saturated carbocycles. The van der Waals surface area contributed by atoms with Gasteiger partial charge in [0.15, 0.2) is 0 Å². The summed E-state index contributed by atoms with van der Waals surface area (Å²) in [5, 5.41) is 0. The smallest absolute Gasteiger partial charge is 0.123 e. The largest absolute Gasteiger partial charge is 0.497 e. The summed E-state index contributed by atoms with van der Waals surface area (Å²) in [7, 11) is 5.39. The van der Waals surface area contributed by atoms with Crippen molar-refractivity contribution < 1.29 is 9.47 Å². The molecular weight excluding hydrogens is 228 g/mol. The Morgan fingerprint density at radius 3 is 2.56 bits per heavy atom. The maximum absolute atomic E-state index is 6.25. The van der Waals surface area contributed by atoms with E-state index >= 15 is 0 Å². The number of ether oxygens (including phenoxy) is 2. The number of methoxy groups -OCH3 is 2. The highest BCUT2D eigenvalue weighted by Crippen LogP contribution is 2.28. The molecule has 0 aromatic heterocycles. The SMILES string of the molecule is CCCN(C)CC(N)c1cc(OC)ccc1OC. The Morgan fingerprint density at radius 1 is 1.28 bits per heavy atom. The van der Waals surface area contributed by atoms with Gasteiger partial charge in [-0.1, -0.05) is 6.92 Å². The van der Waals surface area contributed by atoms with E-state index in [1.807, 2.05) is 18.2 Å². The minimum Gasteiger partial charge on any atom is -0.497 e. The van der Waals surface area contributed by atoms with Gasteiger partial charge in [0.05, 0.1) is 14.2 Å². The predicted molar refractivity (Wildman–Crippen MR) is 74.3 cm³/mol. The first kappa shape index (κ1) is 14.8. The highest BCUT2D eigenvalue weighted by atomic mass is 16.5. The molecule has 1 rings (SSSR count). The van der Waals surface area contributed by atoms with Gasteiger partial charge in [-0.15, -0.1) is 0 Å². The minimum absolute atomic E-state index is 0.0772. The Balaban J connectivity index is 2.85. The van der Waals surface area contributed by atoms with E-state index in [9.17, 15) is 0 Å². The van der Waals surface area contributed by atoms with Crippen LogP contribution in [-0.2, 0) is 0 Å². The summed E-state index contributed by atoms with van der Waals surface area (Å²) in [5.41, 5.74) is 7.23. The van der Waals surface area contributed by atoms with Crippen molar-refractivity contribution in [3.63, 3.8) is 0 Å². The Morgan fingerprint density at radius 2 is 2.00 bits per heavy atom. The summed E-state index contributed by atoms with van der Waals surface area (Å²) in [4.78, 5) is 2.23. The molecule has 4 heteroatoms.